The lowest BCUT2D eigenvalue weighted by Crippen LogP contribution is -2.47. The number of sulfonamides is 1. The van der Waals surface area contributed by atoms with E-state index in [0.29, 0.717) is 18.4 Å². The number of ether oxygens (including phenoxy) is 2. The summed E-state index contributed by atoms with van der Waals surface area (Å²) in [6.07, 6.45) is 0.986. The van der Waals surface area contributed by atoms with E-state index in [0.717, 1.165) is 0 Å². The highest BCUT2D eigenvalue weighted by atomic mass is 32.2. The maximum atomic E-state index is 13.1. The minimum atomic E-state index is -3.87. The van der Waals surface area contributed by atoms with E-state index in [1.807, 2.05) is 0 Å². The molecule has 1 N–H and O–H groups in total. The Balaban J connectivity index is 2.44. The molecule has 2 rings (SSSR count). The molecule has 2 unspecified atom stereocenters. The van der Waals surface area contributed by atoms with Gasteiger partial charge in [-0.1, -0.05) is 6.07 Å². The summed E-state index contributed by atoms with van der Waals surface area (Å²) in [7, 11) is -0.935. The predicted molar refractivity (Wildman–Crippen MR) is 87.4 cm³/mol. The van der Waals surface area contributed by atoms with Gasteiger partial charge in [0.05, 0.1) is 19.6 Å². The second-order valence-electron chi connectivity index (χ2n) is 5.95. The summed E-state index contributed by atoms with van der Waals surface area (Å²) in [6, 6.07) is 4.58. The van der Waals surface area contributed by atoms with Crippen molar-refractivity contribution >= 4 is 16.0 Å². The summed E-state index contributed by atoms with van der Waals surface area (Å²) in [5.74, 6) is -1.43. The second kappa shape index (κ2) is 7.50. The molecular formula is C16H23NO6S. The molecule has 1 heterocycles. The number of carboxylic acid groups (broad SMARTS) is 1. The molecule has 0 spiro atoms. The highest BCUT2D eigenvalue weighted by Gasteiger charge is 2.38. The molecule has 134 valence electrons. The summed E-state index contributed by atoms with van der Waals surface area (Å²) in [5, 5.41) is 9.23. The summed E-state index contributed by atoms with van der Waals surface area (Å²) in [5.41, 5.74) is 0.705. The number of carboxylic acids is 1. The number of piperidine rings is 1. The average molecular weight is 357 g/mol. The molecule has 0 bridgehead atoms. The Labute approximate surface area is 142 Å². The van der Waals surface area contributed by atoms with Gasteiger partial charge in [-0.15, -0.1) is 0 Å². The van der Waals surface area contributed by atoms with Crippen molar-refractivity contribution in [2.75, 3.05) is 20.8 Å². The number of nitrogens with zero attached hydrogens (tertiary/aromatic N) is 1. The molecule has 24 heavy (non-hydrogen) atoms. The van der Waals surface area contributed by atoms with Crippen LogP contribution in [-0.4, -0.2) is 50.6 Å². The van der Waals surface area contributed by atoms with Crippen molar-refractivity contribution < 1.29 is 27.8 Å². The molecule has 1 saturated heterocycles. The van der Waals surface area contributed by atoms with Gasteiger partial charge in [-0.2, -0.15) is 4.31 Å². The number of rotatable bonds is 6. The van der Waals surface area contributed by atoms with E-state index in [2.05, 4.69) is 0 Å². The van der Waals surface area contributed by atoms with Gasteiger partial charge in [0.25, 0.3) is 0 Å². The Kier molecular flexibility index (Phi) is 5.84. The van der Waals surface area contributed by atoms with Gasteiger partial charge in [-0.05, 0) is 37.5 Å². The van der Waals surface area contributed by atoms with E-state index in [1.165, 1.54) is 24.6 Å². The van der Waals surface area contributed by atoms with E-state index in [1.54, 1.807) is 19.1 Å². The number of carbonyl (C=O) groups is 1. The zero-order valence-corrected chi connectivity index (χ0v) is 14.9. The van der Waals surface area contributed by atoms with E-state index in [-0.39, 0.29) is 29.8 Å². The maximum absolute atomic E-state index is 13.1. The Morgan fingerprint density at radius 1 is 1.33 bits per heavy atom. The van der Waals surface area contributed by atoms with E-state index >= 15 is 0 Å². The molecule has 7 nitrogen and oxygen atoms in total. The van der Waals surface area contributed by atoms with Crippen molar-refractivity contribution in [3.63, 3.8) is 0 Å². The van der Waals surface area contributed by atoms with Crippen molar-refractivity contribution in [1.82, 2.24) is 4.31 Å². The fourth-order valence-electron chi connectivity index (χ4n) is 2.92. The number of hydrogen-bond acceptors (Lipinski definition) is 5. The van der Waals surface area contributed by atoms with Crippen molar-refractivity contribution in [2.45, 2.75) is 37.3 Å². The molecule has 8 heteroatoms. The second-order valence-corrected chi connectivity index (χ2v) is 7.81. The largest absolute Gasteiger partial charge is 0.495 e. The fraction of sp³-hybridized carbons (Fsp3) is 0.562. The number of hydrogen-bond donors (Lipinski definition) is 1. The van der Waals surface area contributed by atoms with Crippen molar-refractivity contribution in [2.24, 2.45) is 5.92 Å². The average Bonchev–Trinajstić information content (AvgIpc) is 2.55. The third kappa shape index (κ3) is 3.71. The van der Waals surface area contributed by atoms with Gasteiger partial charge in [-0.3, -0.25) is 4.79 Å². The molecule has 1 fully saturated rings. The lowest BCUT2D eigenvalue weighted by atomic mass is 9.96. The zero-order chi connectivity index (χ0) is 17.9. The summed E-state index contributed by atoms with van der Waals surface area (Å²) < 4.78 is 37.8. The number of benzene rings is 1. The standard InChI is InChI=1S/C16H23NO6S/c1-11-4-6-13(16(18)19)9-17(11)24(20,21)15-8-12(10-22-2)5-7-14(15)23-3/h5,7-8,11,13H,4,6,9-10H2,1-3H3,(H,18,19). The van der Waals surface area contributed by atoms with Gasteiger partial charge in [0.1, 0.15) is 10.6 Å². The van der Waals surface area contributed by atoms with E-state index in [9.17, 15) is 18.3 Å². The molecule has 0 aliphatic carbocycles. The van der Waals surface area contributed by atoms with Gasteiger partial charge in [0.2, 0.25) is 10.0 Å². The quantitative estimate of drug-likeness (QED) is 0.833. The van der Waals surface area contributed by atoms with Crippen LogP contribution in [0.2, 0.25) is 0 Å². The Morgan fingerprint density at radius 3 is 2.62 bits per heavy atom. The highest BCUT2D eigenvalue weighted by Crippen LogP contribution is 2.33. The molecule has 1 aromatic carbocycles. The molecule has 1 aliphatic heterocycles. The third-order valence-electron chi connectivity index (χ3n) is 4.30. The van der Waals surface area contributed by atoms with Gasteiger partial charge in [-0.25, -0.2) is 8.42 Å². The normalized spacial score (nSPS) is 22.3. The molecule has 0 radical (unpaired) electrons. The first-order valence-electron chi connectivity index (χ1n) is 7.71. The third-order valence-corrected chi connectivity index (χ3v) is 6.30. The minimum Gasteiger partial charge on any atom is -0.495 e. The van der Waals surface area contributed by atoms with E-state index in [4.69, 9.17) is 9.47 Å². The van der Waals surface area contributed by atoms with Gasteiger partial charge >= 0.3 is 5.97 Å². The molecular weight excluding hydrogens is 334 g/mol. The van der Waals surface area contributed by atoms with Crippen LogP contribution in [0.4, 0.5) is 0 Å². The molecule has 0 amide bonds. The SMILES string of the molecule is COCc1ccc(OC)c(S(=O)(=O)N2CC(C(=O)O)CCC2C)c1. The summed E-state index contributed by atoms with van der Waals surface area (Å²) >= 11 is 0. The van der Waals surface area contributed by atoms with Crippen LogP contribution in [0.1, 0.15) is 25.3 Å². The topological polar surface area (TPSA) is 93.1 Å². The smallest absolute Gasteiger partial charge is 0.307 e. The Hall–Kier alpha value is -1.64. The first-order chi connectivity index (χ1) is 11.3. The fourth-order valence-corrected chi connectivity index (χ4v) is 4.83. The minimum absolute atomic E-state index is 0.0313. The predicted octanol–water partition coefficient (Wildman–Crippen LogP) is 1.72. The maximum Gasteiger partial charge on any atom is 0.307 e. The van der Waals surface area contributed by atoms with Crippen LogP contribution in [-0.2, 0) is 26.2 Å². The van der Waals surface area contributed by atoms with Crippen molar-refractivity contribution in [1.29, 1.82) is 0 Å². The van der Waals surface area contributed by atoms with Gasteiger partial charge in [0, 0.05) is 19.7 Å². The monoisotopic (exact) mass is 357 g/mol. The van der Waals surface area contributed by atoms with Crippen LogP contribution < -0.4 is 4.74 Å². The lowest BCUT2D eigenvalue weighted by Gasteiger charge is -2.35. The molecule has 0 saturated carbocycles. The van der Waals surface area contributed by atoms with Crippen LogP contribution >= 0.6 is 0 Å². The van der Waals surface area contributed by atoms with Crippen LogP contribution in [0, 0.1) is 5.92 Å². The molecule has 2 atom stereocenters. The highest BCUT2D eigenvalue weighted by molar-refractivity contribution is 7.89. The lowest BCUT2D eigenvalue weighted by molar-refractivity contribution is -0.143. The van der Waals surface area contributed by atoms with Crippen molar-refractivity contribution in [3.8, 4) is 5.75 Å². The Bertz CT molecular complexity index is 703. The van der Waals surface area contributed by atoms with Crippen LogP contribution in [0.3, 0.4) is 0 Å². The number of aliphatic carboxylic acids is 1. The van der Waals surface area contributed by atoms with Gasteiger partial charge in [0.15, 0.2) is 0 Å². The summed E-state index contributed by atoms with van der Waals surface area (Å²) in [4.78, 5) is 11.3. The molecule has 1 aliphatic rings. The zero-order valence-electron chi connectivity index (χ0n) is 14.1. The van der Waals surface area contributed by atoms with Gasteiger partial charge < -0.3 is 14.6 Å². The number of methoxy groups -OCH3 is 2. The van der Waals surface area contributed by atoms with Crippen LogP contribution in [0.15, 0.2) is 23.1 Å². The van der Waals surface area contributed by atoms with E-state index < -0.39 is 21.9 Å². The van der Waals surface area contributed by atoms with Crippen molar-refractivity contribution in [3.05, 3.63) is 23.8 Å². The summed E-state index contributed by atoms with van der Waals surface area (Å²) in [6.45, 7) is 2.04. The first-order valence-corrected chi connectivity index (χ1v) is 9.15. The first kappa shape index (κ1) is 18.7. The van der Waals surface area contributed by atoms with Crippen LogP contribution in [0.25, 0.3) is 0 Å². The van der Waals surface area contributed by atoms with Crippen LogP contribution in [0.5, 0.6) is 5.75 Å². The molecule has 0 aromatic heterocycles. The Morgan fingerprint density at radius 2 is 2.04 bits per heavy atom. The molecule has 1 aromatic rings.